The van der Waals surface area contributed by atoms with Gasteiger partial charge in [-0.1, -0.05) is 0 Å². The van der Waals surface area contributed by atoms with E-state index in [2.05, 4.69) is 0 Å². The normalized spacial score (nSPS) is 17.7. The number of nitrogens with zero attached hydrogens (tertiary/aromatic N) is 1. The highest BCUT2D eigenvalue weighted by atomic mass is 16.6. The molecule has 0 spiro atoms. The summed E-state index contributed by atoms with van der Waals surface area (Å²) in [5.74, 6) is -0.753. The smallest absolute Gasteiger partial charge is 0.411 e. The Morgan fingerprint density at radius 3 is 2.48 bits per heavy atom. The Morgan fingerprint density at radius 1 is 1.17 bits per heavy atom. The Kier molecular flexibility index (Phi) is 7.32. The van der Waals surface area contributed by atoms with Crippen molar-refractivity contribution in [2.24, 2.45) is 0 Å². The van der Waals surface area contributed by atoms with Crippen molar-refractivity contribution in [3.8, 4) is 0 Å². The molecule has 0 saturated carbocycles. The largest absolute Gasteiger partial charge is 0.466 e. The Bertz CT molecular complexity index is 429. The van der Waals surface area contributed by atoms with Crippen molar-refractivity contribution >= 4 is 18.0 Å². The van der Waals surface area contributed by atoms with Gasteiger partial charge in [-0.05, 0) is 47.0 Å². The van der Waals surface area contributed by atoms with E-state index in [1.165, 1.54) is 4.90 Å². The standard InChI is InChI=1S/C16H27NO6/c1-5-21-13(18)9-7-11-22-14(19)12-8-6-10-17(12)15(20)23-16(2,3)4/h12H,5-11H2,1-4H3. The van der Waals surface area contributed by atoms with Gasteiger partial charge in [0.15, 0.2) is 0 Å². The zero-order valence-electron chi connectivity index (χ0n) is 14.4. The molecule has 0 aromatic carbocycles. The maximum atomic E-state index is 12.1. The highest BCUT2D eigenvalue weighted by molar-refractivity contribution is 5.82. The lowest BCUT2D eigenvalue weighted by Crippen LogP contribution is -2.44. The third kappa shape index (κ3) is 6.88. The molecule has 1 heterocycles. The molecule has 1 unspecified atom stereocenters. The average Bonchev–Trinajstić information content (AvgIpc) is 2.91. The third-order valence-electron chi connectivity index (χ3n) is 3.23. The minimum atomic E-state index is -0.604. The van der Waals surface area contributed by atoms with Crippen molar-refractivity contribution in [3.63, 3.8) is 0 Å². The molecule has 7 nitrogen and oxygen atoms in total. The second-order valence-electron chi connectivity index (χ2n) is 6.41. The lowest BCUT2D eigenvalue weighted by Gasteiger charge is -2.27. The summed E-state index contributed by atoms with van der Waals surface area (Å²) in [6.45, 7) is 8.04. The van der Waals surface area contributed by atoms with Gasteiger partial charge in [-0.2, -0.15) is 0 Å². The number of amides is 1. The molecule has 1 aliphatic rings. The summed E-state index contributed by atoms with van der Waals surface area (Å²) < 4.78 is 15.3. The second-order valence-corrected chi connectivity index (χ2v) is 6.41. The van der Waals surface area contributed by atoms with Crippen LogP contribution in [0, 0.1) is 0 Å². The van der Waals surface area contributed by atoms with Crippen molar-refractivity contribution in [3.05, 3.63) is 0 Å². The second kappa shape index (κ2) is 8.74. The third-order valence-corrected chi connectivity index (χ3v) is 3.23. The monoisotopic (exact) mass is 329 g/mol. The van der Waals surface area contributed by atoms with E-state index in [0.29, 0.717) is 26.0 Å². The summed E-state index contributed by atoms with van der Waals surface area (Å²) in [6, 6.07) is -0.604. The van der Waals surface area contributed by atoms with Crippen LogP contribution in [0.1, 0.15) is 53.4 Å². The Balaban J connectivity index is 2.39. The summed E-state index contributed by atoms with van der Waals surface area (Å²) in [5.41, 5.74) is -0.603. The van der Waals surface area contributed by atoms with Crippen molar-refractivity contribution < 1.29 is 28.6 Å². The molecule has 132 valence electrons. The maximum absolute atomic E-state index is 12.1. The van der Waals surface area contributed by atoms with Crippen LogP contribution in [0.15, 0.2) is 0 Å². The number of hydrogen-bond donors (Lipinski definition) is 0. The van der Waals surface area contributed by atoms with E-state index in [4.69, 9.17) is 14.2 Å². The van der Waals surface area contributed by atoms with Crippen LogP contribution >= 0.6 is 0 Å². The fourth-order valence-electron chi connectivity index (χ4n) is 2.27. The first-order valence-corrected chi connectivity index (χ1v) is 8.06. The summed E-state index contributed by atoms with van der Waals surface area (Å²) >= 11 is 0. The Morgan fingerprint density at radius 2 is 1.87 bits per heavy atom. The number of esters is 2. The lowest BCUT2D eigenvalue weighted by atomic mass is 10.2. The number of carbonyl (C=O) groups is 3. The molecule has 1 atom stereocenters. The van der Waals surface area contributed by atoms with Gasteiger partial charge in [0.05, 0.1) is 13.2 Å². The van der Waals surface area contributed by atoms with Gasteiger partial charge in [0.2, 0.25) is 0 Å². The lowest BCUT2D eigenvalue weighted by molar-refractivity contribution is -0.150. The molecule has 1 fully saturated rings. The van der Waals surface area contributed by atoms with Gasteiger partial charge in [0.1, 0.15) is 11.6 Å². The SMILES string of the molecule is CCOC(=O)CCCOC(=O)C1CCCN1C(=O)OC(C)(C)C. The molecule has 0 aromatic heterocycles. The van der Waals surface area contributed by atoms with E-state index in [1.54, 1.807) is 27.7 Å². The molecule has 1 aliphatic heterocycles. The number of rotatable bonds is 6. The molecule has 1 rings (SSSR count). The summed E-state index contributed by atoms with van der Waals surface area (Å²) in [7, 11) is 0. The molecule has 1 amide bonds. The number of carbonyl (C=O) groups excluding carboxylic acids is 3. The number of likely N-dealkylation sites (tertiary alicyclic amines) is 1. The Labute approximate surface area is 137 Å². The topological polar surface area (TPSA) is 82.1 Å². The molecular formula is C16H27NO6. The molecule has 0 aromatic rings. The fraction of sp³-hybridized carbons (Fsp3) is 0.812. The van der Waals surface area contributed by atoms with E-state index in [0.717, 1.165) is 6.42 Å². The number of hydrogen-bond acceptors (Lipinski definition) is 6. The summed E-state index contributed by atoms with van der Waals surface area (Å²) in [5, 5.41) is 0. The van der Waals surface area contributed by atoms with Gasteiger partial charge >= 0.3 is 18.0 Å². The highest BCUT2D eigenvalue weighted by Crippen LogP contribution is 2.21. The van der Waals surface area contributed by atoms with Crippen LogP contribution < -0.4 is 0 Å². The van der Waals surface area contributed by atoms with E-state index in [-0.39, 0.29) is 19.0 Å². The molecule has 0 aliphatic carbocycles. The van der Waals surface area contributed by atoms with Gasteiger partial charge in [-0.3, -0.25) is 9.69 Å². The van der Waals surface area contributed by atoms with Crippen LogP contribution in [0.4, 0.5) is 4.79 Å². The van der Waals surface area contributed by atoms with Crippen molar-refractivity contribution in [2.75, 3.05) is 19.8 Å². The molecular weight excluding hydrogens is 302 g/mol. The van der Waals surface area contributed by atoms with Crippen molar-refractivity contribution in [1.29, 1.82) is 0 Å². The zero-order valence-corrected chi connectivity index (χ0v) is 14.4. The number of ether oxygens (including phenoxy) is 3. The van der Waals surface area contributed by atoms with Gasteiger partial charge in [0.25, 0.3) is 0 Å². The van der Waals surface area contributed by atoms with Crippen LogP contribution in [-0.4, -0.2) is 54.3 Å². The average molecular weight is 329 g/mol. The van der Waals surface area contributed by atoms with Gasteiger partial charge in [-0.25, -0.2) is 9.59 Å². The molecule has 1 saturated heterocycles. The predicted molar refractivity (Wildman–Crippen MR) is 82.8 cm³/mol. The van der Waals surface area contributed by atoms with E-state index in [1.807, 2.05) is 0 Å². The minimum absolute atomic E-state index is 0.135. The van der Waals surface area contributed by atoms with Gasteiger partial charge < -0.3 is 14.2 Å². The maximum Gasteiger partial charge on any atom is 0.411 e. The van der Waals surface area contributed by atoms with Crippen LogP contribution in [0.2, 0.25) is 0 Å². The highest BCUT2D eigenvalue weighted by Gasteiger charge is 2.37. The summed E-state index contributed by atoms with van der Waals surface area (Å²) in [6.07, 6.45) is 1.42. The summed E-state index contributed by atoms with van der Waals surface area (Å²) in [4.78, 5) is 36.8. The quantitative estimate of drug-likeness (QED) is 0.422. The van der Waals surface area contributed by atoms with Crippen LogP contribution in [0.3, 0.4) is 0 Å². The Hall–Kier alpha value is -1.79. The van der Waals surface area contributed by atoms with Crippen molar-refractivity contribution in [1.82, 2.24) is 4.90 Å². The van der Waals surface area contributed by atoms with Crippen LogP contribution in [0.5, 0.6) is 0 Å². The fourth-order valence-corrected chi connectivity index (χ4v) is 2.27. The molecule has 0 N–H and O–H groups in total. The van der Waals surface area contributed by atoms with Crippen molar-refractivity contribution in [2.45, 2.75) is 65.0 Å². The van der Waals surface area contributed by atoms with Gasteiger partial charge in [-0.15, -0.1) is 0 Å². The minimum Gasteiger partial charge on any atom is -0.466 e. The molecule has 23 heavy (non-hydrogen) atoms. The first-order chi connectivity index (χ1) is 10.7. The molecule has 0 radical (unpaired) electrons. The van der Waals surface area contributed by atoms with Crippen LogP contribution in [-0.2, 0) is 23.8 Å². The molecule has 7 heteroatoms. The van der Waals surface area contributed by atoms with E-state index in [9.17, 15) is 14.4 Å². The first kappa shape index (κ1) is 19.3. The zero-order chi connectivity index (χ0) is 17.5. The predicted octanol–water partition coefficient (Wildman–Crippen LogP) is 2.27. The van der Waals surface area contributed by atoms with Crippen LogP contribution in [0.25, 0.3) is 0 Å². The van der Waals surface area contributed by atoms with E-state index >= 15 is 0 Å². The van der Waals surface area contributed by atoms with Gasteiger partial charge in [0, 0.05) is 13.0 Å². The first-order valence-electron chi connectivity index (χ1n) is 8.06. The molecule has 0 bridgehead atoms. The van der Waals surface area contributed by atoms with E-state index < -0.39 is 23.7 Å².